The Morgan fingerprint density at radius 1 is 1.24 bits per heavy atom. The molecule has 2 aromatic rings. The van der Waals surface area contributed by atoms with Crippen LogP contribution >= 0.6 is 22.9 Å². The molecule has 1 aromatic heterocycles. The molecule has 17 heavy (non-hydrogen) atoms. The van der Waals surface area contributed by atoms with Crippen LogP contribution in [0, 0.1) is 0 Å². The Labute approximate surface area is 108 Å². The molecule has 1 aromatic carbocycles. The van der Waals surface area contributed by atoms with Gasteiger partial charge in [0, 0.05) is 9.90 Å². The smallest absolute Gasteiger partial charge is 0.234 e. The monoisotopic (exact) mass is 264 g/mol. The lowest BCUT2D eigenvalue weighted by molar-refractivity contribution is -0.107. The van der Waals surface area contributed by atoms with Crippen molar-refractivity contribution in [3.63, 3.8) is 0 Å². The Balaban J connectivity index is 2.16. The van der Waals surface area contributed by atoms with Crippen molar-refractivity contribution in [3.05, 3.63) is 51.7 Å². The van der Waals surface area contributed by atoms with Crippen LogP contribution in [-0.2, 0) is 4.79 Å². The molecule has 2 rings (SSSR count). The number of hydrogen-bond donors (Lipinski definition) is 0. The Bertz CT molecular complexity index is 508. The number of halogens is 1. The van der Waals surface area contributed by atoms with Gasteiger partial charge in [0.1, 0.15) is 0 Å². The molecule has 3 nitrogen and oxygen atoms in total. The summed E-state index contributed by atoms with van der Waals surface area (Å²) >= 11 is 7.33. The number of carbonyl (C=O) groups excluding carboxylic acids is 1. The number of thiophene rings is 1. The summed E-state index contributed by atoms with van der Waals surface area (Å²) in [6.45, 7) is 0. The highest BCUT2D eigenvalue weighted by atomic mass is 35.5. The van der Waals surface area contributed by atoms with Crippen LogP contribution in [0.5, 0.6) is 0 Å². The van der Waals surface area contributed by atoms with E-state index in [9.17, 15) is 4.79 Å². The fraction of sp³-hybridized carbons (Fsp3) is 0. The second kappa shape index (κ2) is 5.61. The average Bonchev–Trinajstić information content (AvgIpc) is 2.85. The lowest BCUT2D eigenvalue weighted by Gasteiger charge is -2.10. The molecular weight excluding hydrogens is 256 g/mol. The average molecular weight is 265 g/mol. The fourth-order valence-electron chi connectivity index (χ4n) is 1.23. The van der Waals surface area contributed by atoms with Gasteiger partial charge in [-0.3, -0.25) is 4.79 Å². The van der Waals surface area contributed by atoms with E-state index in [1.807, 2.05) is 17.5 Å². The molecule has 0 bridgehead atoms. The lowest BCUT2D eigenvalue weighted by atomic mass is 10.3. The summed E-state index contributed by atoms with van der Waals surface area (Å²) in [4.78, 5) is 11.9. The number of rotatable bonds is 4. The highest BCUT2D eigenvalue weighted by Gasteiger charge is 2.02. The van der Waals surface area contributed by atoms with Crippen molar-refractivity contribution in [2.24, 2.45) is 5.10 Å². The molecule has 0 fully saturated rings. The Hall–Kier alpha value is -1.65. The molecule has 86 valence electrons. The predicted octanol–water partition coefficient (Wildman–Crippen LogP) is 3.40. The molecule has 0 aliphatic heterocycles. The standard InChI is InChI=1S/C12H9ClN2OS/c13-10-3-5-11(6-4-10)15(9-16)14-8-12-2-1-7-17-12/h1-9H/b14-8+. The molecule has 0 saturated heterocycles. The Kier molecular flexibility index (Phi) is 3.90. The number of nitrogens with zero attached hydrogens (tertiary/aromatic N) is 2. The number of anilines is 1. The zero-order valence-electron chi connectivity index (χ0n) is 8.79. The van der Waals surface area contributed by atoms with Crippen LogP contribution < -0.4 is 5.01 Å². The predicted molar refractivity (Wildman–Crippen MR) is 71.9 cm³/mol. The summed E-state index contributed by atoms with van der Waals surface area (Å²) < 4.78 is 0. The van der Waals surface area contributed by atoms with Crippen LogP contribution in [0.3, 0.4) is 0 Å². The van der Waals surface area contributed by atoms with Gasteiger partial charge >= 0.3 is 0 Å². The summed E-state index contributed by atoms with van der Waals surface area (Å²) in [5, 5.41) is 7.93. The number of carbonyl (C=O) groups is 1. The van der Waals surface area contributed by atoms with Crippen molar-refractivity contribution >= 4 is 41.2 Å². The second-order valence-corrected chi connectivity index (χ2v) is 4.60. The largest absolute Gasteiger partial charge is 0.276 e. The maximum absolute atomic E-state index is 10.9. The van der Waals surface area contributed by atoms with Gasteiger partial charge in [0.15, 0.2) is 0 Å². The van der Waals surface area contributed by atoms with Crippen molar-refractivity contribution < 1.29 is 4.79 Å². The first-order valence-corrected chi connectivity index (χ1v) is 6.13. The minimum absolute atomic E-state index is 0.627. The van der Waals surface area contributed by atoms with E-state index in [1.165, 1.54) is 5.01 Å². The van der Waals surface area contributed by atoms with Crippen molar-refractivity contribution in [3.8, 4) is 0 Å². The molecule has 0 unspecified atom stereocenters. The van der Waals surface area contributed by atoms with Crippen LogP contribution in [0.1, 0.15) is 4.88 Å². The minimum atomic E-state index is 0.627. The van der Waals surface area contributed by atoms with Gasteiger partial charge in [0.25, 0.3) is 0 Å². The zero-order valence-corrected chi connectivity index (χ0v) is 10.4. The Morgan fingerprint density at radius 3 is 2.59 bits per heavy atom. The Morgan fingerprint density at radius 2 is 2.00 bits per heavy atom. The van der Waals surface area contributed by atoms with Gasteiger partial charge < -0.3 is 0 Å². The molecule has 0 spiro atoms. The molecule has 0 aliphatic carbocycles. The molecular formula is C12H9ClN2OS. The first-order valence-electron chi connectivity index (χ1n) is 4.87. The molecule has 1 amide bonds. The van der Waals surface area contributed by atoms with E-state index in [2.05, 4.69) is 5.10 Å². The van der Waals surface area contributed by atoms with E-state index in [1.54, 1.807) is 41.8 Å². The van der Waals surface area contributed by atoms with Crippen LogP contribution in [0.15, 0.2) is 46.9 Å². The number of amides is 1. The van der Waals surface area contributed by atoms with Gasteiger partial charge in [-0.25, -0.2) is 5.01 Å². The molecule has 0 radical (unpaired) electrons. The quantitative estimate of drug-likeness (QED) is 0.473. The fourth-order valence-corrected chi connectivity index (χ4v) is 1.94. The normalized spacial score (nSPS) is 10.6. The van der Waals surface area contributed by atoms with Crippen LogP contribution in [0.4, 0.5) is 5.69 Å². The first-order chi connectivity index (χ1) is 8.29. The van der Waals surface area contributed by atoms with E-state index in [4.69, 9.17) is 11.6 Å². The van der Waals surface area contributed by atoms with E-state index in [0.717, 1.165) is 4.88 Å². The van der Waals surface area contributed by atoms with Crippen LogP contribution in [0.25, 0.3) is 0 Å². The topological polar surface area (TPSA) is 32.7 Å². The third kappa shape index (κ3) is 3.15. The van der Waals surface area contributed by atoms with E-state index in [-0.39, 0.29) is 0 Å². The van der Waals surface area contributed by atoms with Gasteiger partial charge in [0.2, 0.25) is 6.41 Å². The van der Waals surface area contributed by atoms with Crippen LogP contribution in [0.2, 0.25) is 5.02 Å². The molecule has 0 saturated carbocycles. The minimum Gasteiger partial charge on any atom is -0.276 e. The third-order valence-electron chi connectivity index (χ3n) is 2.04. The van der Waals surface area contributed by atoms with Crippen LogP contribution in [-0.4, -0.2) is 12.6 Å². The van der Waals surface area contributed by atoms with Crippen molar-refractivity contribution in [2.45, 2.75) is 0 Å². The maximum atomic E-state index is 10.9. The molecule has 0 atom stereocenters. The highest BCUT2D eigenvalue weighted by molar-refractivity contribution is 7.11. The third-order valence-corrected chi connectivity index (χ3v) is 3.10. The summed E-state index contributed by atoms with van der Waals surface area (Å²) in [6.07, 6.45) is 2.31. The molecule has 0 N–H and O–H groups in total. The second-order valence-electron chi connectivity index (χ2n) is 3.19. The number of benzene rings is 1. The molecule has 5 heteroatoms. The van der Waals surface area contributed by atoms with Crippen molar-refractivity contribution in [1.82, 2.24) is 0 Å². The molecule has 0 aliphatic rings. The van der Waals surface area contributed by atoms with Gasteiger partial charge in [-0.2, -0.15) is 5.10 Å². The van der Waals surface area contributed by atoms with Crippen molar-refractivity contribution in [2.75, 3.05) is 5.01 Å². The van der Waals surface area contributed by atoms with Gasteiger partial charge in [-0.1, -0.05) is 17.7 Å². The number of hydrogen-bond acceptors (Lipinski definition) is 3. The first kappa shape index (κ1) is 11.8. The summed E-state index contributed by atoms with van der Waals surface area (Å²) in [5.41, 5.74) is 0.678. The highest BCUT2D eigenvalue weighted by Crippen LogP contribution is 2.17. The summed E-state index contributed by atoms with van der Waals surface area (Å²) in [7, 11) is 0. The summed E-state index contributed by atoms with van der Waals surface area (Å²) in [6, 6.07) is 10.8. The van der Waals surface area contributed by atoms with Gasteiger partial charge in [0.05, 0.1) is 11.9 Å². The molecule has 1 heterocycles. The van der Waals surface area contributed by atoms with E-state index in [0.29, 0.717) is 17.1 Å². The lowest BCUT2D eigenvalue weighted by Crippen LogP contribution is -2.13. The van der Waals surface area contributed by atoms with Gasteiger partial charge in [-0.15, -0.1) is 11.3 Å². The van der Waals surface area contributed by atoms with E-state index >= 15 is 0 Å². The maximum Gasteiger partial charge on any atom is 0.234 e. The SMILES string of the molecule is O=CN(/N=C/c1cccs1)c1ccc(Cl)cc1. The van der Waals surface area contributed by atoms with Crippen molar-refractivity contribution in [1.29, 1.82) is 0 Å². The van der Waals surface area contributed by atoms with E-state index < -0.39 is 0 Å². The zero-order chi connectivity index (χ0) is 12.1. The summed E-state index contributed by atoms with van der Waals surface area (Å²) in [5.74, 6) is 0. The van der Waals surface area contributed by atoms with Gasteiger partial charge in [-0.05, 0) is 35.7 Å². The number of hydrazone groups is 1.